The minimum atomic E-state index is -1.50. The zero-order valence-corrected chi connectivity index (χ0v) is 8.71. The first kappa shape index (κ1) is 29.3. The van der Waals surface area contributed by atoms with Crippen LogP contribution in [0.15, 0.2) is 0 Å². The molecule has 0 aromatic heterocycles. The van der Waals surface area contributed by atoms with Gasteiger partial charge in [-0.3, -0.25) is 0 Å². The van der Waals surface area contributed by atoms with Gasteiger partial charge in [-0.15, -0.1) is 40.5 Å². The van der Waals surface area contributed by atoms with Gasteiger partial charge in [-0.25, -0.2) is 0 Å². The molecule has 0 aromatic rings. The zero-order chi connectivity index (χ0) is 14.3. The molecule has 17 heavy (non-hydrogen) atoms. The quantitative estimate of drug-likeness (QED) is 0.221. The van der Waals surface area contributed by atoms with Crippen LogP contribution in [-0.2, 0) is 20.4 Å². The van der Waals surface area contributed by atoms with Crippen molar-refractivity contribution in [1.82, 2.24) is 0 Å². The minimum Gasteiger partial charge on any atom is -0.328 e. The molecule has 4 N–H and O–H groups in total. The van der Waals surface area contributed by atoms with Gasteiger partial charge in [0.1, 0.15) is 0 Å². The van der Waals surface area contributed by atoms with E-state index in [9.17, 15) is 0 Å². The predicted octanol–water partition coefficient (Wildman–Crippen LogP) is -1.39. The summed E-state index contributed by atoms with van der Waals surface area (Å²) in [6.45, 7) is 0. The largest absolute Gasteiger partial charge is 0.328 e. The minimum absolute atomic E-state index is 0. The summed E-state index contributed by atoms with van der Waals surface area (Å²) in [6.07, 6.45) is 0. The molecule has 0 rings (SSSR count). The molecule has 17 heteroatoms. The van der Waals surface area contributed by atoms with E-state index < -0.39 is 20.3 Å². The monoisotopic (exact) mass is 358 g/mol. The van der Waals surface area contributed by atoms with Gasteiger partial charge in [0.05, 0.1) is 0 Å². The van der Waals surface area contributed by atoms with Crippen LogP contribution in [0.3, 0.4) is 0 Å². The van der Waals surface area contributed by atoms with Crippen LogP contribution in [0.25, 0.3) is 0 Å². The molecule has 0 aliphatic rings. The van der Waals surface area contributed by atoms with E-state index in [2.05, 4.69) is 0 Å². The van der Waals surface area contributed by atoms with Crippen LogP contribution in [0.4, 0.5) is 0 Å². The molecule has 0 amide bonds. The van der Waals surface area contributed by atoms with E-state index >= 15 is 0 Å². The van der Waals surface area contributed by atoms with Gasteiger partial charge in [-0.2, -0.15) is 0 Å². The van der Waals surface area contributed by atoms with Crippen molar-refractivity contribution in [2.75, 3.05) is 0 Å². The van der Waals surface area contributed by atoms with Gasteiger partial charge in [-0.1, -0.05) is 0 Å². The van der Waals surface area contributed by atoms with Gasteiger partial charge in [0.15, 0.2) is 0 Å². The molecule has 0 bridgehead atoms. The van der Waals surface area contributed by atoms with Crippen LogP contribution in [0.1, 0.15) is 0 Å². The van der Waals surface area contributed by atoms with Gasteiger partial charge in [-0.05, 0) is 0 Å². The maximum absolute atomic E-state index is 8.36. The van der Waals surface area contributed by atoms with E-state index in [0.29, 0.717) is 0 Å². The second-order valence-corrected chi connectivity index (χ2v) is 0.951. The van der Waals surface area contributed by atoms with Crippen LogP contribution in [0.2, 0.25) is 0 Å². The topological polar surface area (TPSA) is 253 Å². The summed E-state index contributed by atoms with van der Waals surface area (Å²) in [5.74, 6) is 0. The molecule has 0 saturated carbocycles. The second kappa shape index (κ2) is 23.4. The van der Waals surface area contributed by atoms with Gasteiger partial charge < -0.3 is 20.8 Å². The van der Waals surface area contributed by atoms with Crippen LogP contribution in [-0.4, -0.2) is 41.2 Å². The number of hydrogen-bond donors (Lipinski definition) is 4. The Morgan fingerprint density at radius 3 is 0.529 bits per heavy atom. The molecular weight excluding hydrogens is 354 g/mol. The Hall–Kier alpha value is -2.54. The first-order valence-corrected chi connectivity index (χ1v) is 2.26. The van der Waals surface area contributed by atoms with Crippen LogP contribution < -0.4 is 0 Å². The molecule has 0 fully saturated rings. The fourth-order valence-corrected chi connectivity index (χ4v) is 0. The standard InChI is InChI=1S/4HNO3.Pd/c4*2-1(3)4;/h4*(H,2,3,4);. The van der Waals surface area contributed by atoms with Gasteiger partial charge in [0.25, 0.3) is 20.3 Å². The molecule has 106 valence electrons. The smallest absolute Gasteiger partial charge is 0.291 e. The summed E-state index contributed by atoms with van der Waals surface area (Å²) >= 11 is 0. The van der Waals surface area contributed by atoms with Crippen molar-refractivity contribution < 1.29 is 61.6 Å². The molecule has 16 nitrogen and oxygen atoms in total. The second-order valence-electron chi connectivity index (χ2n) is 0.951. The summed E-state index contributed by atoms with van der Waals surface area (Å²) in [4.78, 5) is 33.4. The number of nitrogens with zero attached hydrogens (tertiary/aromatic N) is 4. The van der Waals surface area contributed by atoms with E-state index in [4.69, 9.17) is 61.3 Å². The normalized spacial score (nSPS) is 5.65. The molecule has 0 radical (unpaired) electrons. The van der Waals surface area contributed by atoms with Crippen molar-refractivity contribution in [3.05, 3.63) is 40.5 Å². The van der Waals surface area contributed by atoms with Gasteiger partial charge in [0, 0.05) is 20.4 Å². The molecule has 0 heterocycles. The van der Waals surface area contributed by atoms with E-state index in [-0.39, 0.29) is 20.4 Å². The molecular formula is H4N4O12Pd. The average molecular weight is 358 g/mol. The third-order valence-corrected chi connectivity index (χ3v) is 0. The number of hydrogen-bond acceptors (Lipinski definition) is 8. The fraction of sp³-hybridized carbons (Fsp3) is 0. The Morgan fingerprint density at radius 2 is 0.529 bits per heavy atom. The first-order chi connectivity index (χ1) is 6.93. The first-order valence-electron chi connectivity index (χ1n) is 2.26. The Balaban J connectivity index is -0.0000000369. The summed E-state index contributed by atoms with van der Waals surface area (Å²) < 4.78 is 0. The van der Waals surface area contributed by atoms with Crippen LogP contribution >= 0.6 is 0 Å². The molecule has 0 saturated heterocycles. The number of rotatable bonds is 0. The van der Waals surface area contributed by atoms with Crippen molar-refractivity contribution in [3.63, 3.8) is 0 Å². The van der Waals surface area contributed by atoms with Crippen molar-refractivity contribution in [2.45, 2.75) is 0 Å². The Bertz CT molecular complexity index is 159. The Kier molecular flexibility index (Phi) is 40.2. The van der Waals surface area contributed by atoms with Crippen molar-refractivity contribution >= 4 is 0 Å². The van der Waals surface area contributed by atoms with E-state index in [1.165, 1.54) is 0 Å². The van der Waals surface area contributed by atoms with Crippen molar-refractivity contribution in [2.24, 2.45) is 0 Å². The Labute approximate surface area is 103 Å². The van der Waals surface area contributed by atoms with Crippen LogP contribution in [0, 0.1) is 40.5 Å². The molecule has 0 atom stereocenters. The van der Waals surface area contributed by atoms with Crippen molar-refractivity contribution in [3.8, 4) is 0 Å². The molecule has 0 aromatic carbocycles. The third-order valence-electron chi connectivity index (χ3n) is 0. The Morgan fingerprint density at radius 1 is 0.529 bits per heavy atom. The average Bonchev–Trinajstić information content (AvgIpc) is 1.76. The van der Waals surface area contributed by atoms with Gasteiger partial charge in [0.2, 0.25) is 0 Å². The van der Waals surface area contributed by atoms with E-state index in [1.54, 1.807) is 0 Å². The molecule has 0 spiro atoms. The van der Waals surface area contributed by atoms with E-state index in [0.717, 1.165) is 0 Å². The summed E-state index contributed by atoms with van der Waals surface area (Å²) in [5.41, 5.74) is 0. The SMILES string of the molecule is O=[N+]([O-])O.O=[N+]([O-])O.O=[N+]([O-])O.O=[N+]([O-])O.[Pd]. The summed E-state index contributed by atoms with van der Waals surface area (Å²) in [5, 5.41) is 54.6. The third kappa shape index (κ3) is 275. The molecule has 0 aliphatic heterocycles. The summed E-state index contributed by atoms with van der Waals surface area (Å²) in [6, 6.07) is 0. The molecule has 0 aliphatic carbocycles. The zero-order valence-electron chi connectivity index (χ0n) is 7.16. The predicted molar refractivity (Wildman–Crippen MR) is 35.1 cm³/mol. The van der Waals surface area contributed by atoms with Crippen molar-refractivity contribution in [1.29, 1.82) is 0 Å². The maximum Gasteiger partial charge on any atom is 0.291 e. The fourth-order valence-electron chi connectivity index (χ4n) is 0. The maximum atomic E-state index is 8.36. The van der Waals surface area contributed by atoms with Crippen LogP contribution in [0.5, 0.6) is 0 Å². The van der Waals surface area contributed by atoms with Gasteiger partial charge >= 0.3 is 0 Å². The summed E-state index contributed by atoms with van der Waals surface area (Å²) in [7, 11) is 0. The molecule has 0 unspecified atom stereocenters. The van der Waals surface area contributed by atoms with E-state index in [1.807, 2.05) is 0 Å².